The van der Waals surface area contributed by atoms with Crippen molar-refractivity contribution in [3.63, 3.8) is 0 Å². The molecule has 34 heavy (non-hydrogen) atoms. The molecule has 0 aliphatic carbocycles. The van der Waals surface area contributed by atoms with Gasteiger partial charge in [0, 0.05) is 7.97 Å². The number of esters is 2. The molecule has 0 bridgehead atoms. The lowest BCUT2D eigenvalue weighted by atomic mass is 10.0. The summed E-state index contributed by atoms with van der Waals surface area (Å²) < 4.78 is 10.7. The fourth-order valence-corrected chi connectivity index (χ4v) is 3.07. The molecule has 0 saturated carbocycles. The van der Waals surface area contributed by atoms with E-state index in [1.54, 1.807) is 24.3 Å². The summed E-state index contributed by atoms with van der Waals surface area (Å²) in [5.41, 5.74) is 4.32. The average molecular weight is 464 g/mol. The quantitative estimate of drug-likeness (QED) is 0.316. The Morgan fingerprint density at radius 2 is 1.35 bits per heavy atom. The number of rotatable bonds is 7. The van der Waals surface area contributed by atoms with E-state index in [0.29, 0.717) is 17.9 Å². The lowest BCUT2D eigenvalue weighted by molar-refractivity contribution is -0.153. The number of ether oxygens (including phenoxy) is 2. The number of aryl methyl sites for hydroxylation is 1. The van der Waals surface area contributed by atoms with Crippen molar-refractivity contribution in [2.24, 2.45) is 0 Å². The Hall–Kier alpha value is -3.44. The highest BCUT2D eigenvalue weighted by Gasteiger charge is 2.15. The van der Waals surface area contributed by atoms with E-state index in [9.17, 15) is 9.59 Å². The molecule has 0 spiro atoms. The standard InChI is InChI=1S/C27H29NO4.C2H6.H2/c1-19-5-9-21(10-6-19)22-11-13-23(14-12-22)26(30)31-24-15-7-20(8-16-24)17-28-18-25(29)32-27(2,3)4;1-2;/h5-16,28H,17-18H2,1-4H3;1-2H3;1H. The first kappa shape index (κ1) is 26.8. The summed E-state index contributed by atoms with van der Waals surface area (Å²) in [6.45, 7) is 12.2. The highest BCUT2D eigenvalue weighted by molar-refractivity contribution is 5.91. The van der Waals surface area contributed by atoms with E-state index in [1.807, 2.05) is 58.9 Å². The van der Waals surface area contributed by atoms with E-state index < -0.39 is 11.6 Å². The maximum absolute atomic E-state index is 12.5. The first-order valence-corrected chi connectivity index (χ1v) is 11.6. The van der Waals surface area contributed by atoms with Crippen LogP contribution < -0.4 is 10.1 Å². The molecule has 0 aliphatic rings. The summed E-state index contributed by atoms with van der Waals surface area (Å²) in [7, 11) is 0. The zero-order valence-corrected chi connectivity index (χ0v) is 21.0. The summed E-state index contributed by atoms with van der Waals surface area (Å²) in [5.74, 6) is -0.235. The number of hydrogen-bond donors (Lipinski definition) is 1. The maximum Gasteiger partial charge on any atom is 0.343 e. The molecule has 0 unspecified atom stereocenters. The Labute approximate surface area is 204 Å². The van der Waals surface area contributed by atoms with Gasteiger partial charge in [0.25, 0.3) is 0 Å². The fraction of sp³-hybridized carbons (Fsp3) is 0.310. The molecular weight excluding hydrogens is 426 g/mol. The summed E-state index contributed by atoms with van der Waals surface area (Å²) in [4.78, 5) is 24.2. The third-order valence-electron chi connectivity index (χ3n) is 4.66. The van der Waals surface area contributed by atoms with Gasteiger partial charge in [0.2, 0.25) is 0 Å². The summed E-state index contributed by atoms with van der Waals surface area (Å²) in [6, 6.07) is 22.8. The van der Waals surface area contributed by atoms with E-state index in [2.05, 4.69) is 36.5 Å². The molecule has 0 radical (unpaired) electrons. The summed E-state index contributed by atoms with van der Waals surface area (Å²) in [5, 5.41) is 3.05. The molecule has 3 rings (SSSR count). The van der Waals surface area contributed by atoms with Crippen LogP contribution >= 0.6 is 0 Å². The predicted octanol–water partition coefficient (Wildman–Crippen LogP) is 6.58. The van der Waals surface area contributed by atoms with Crippen molar-refractivity contribution in [3.8, 4) is 16.9 Å². The van der Waals surface area contributed by atoms with Crippen LogP contribution in [0.5, 0.6) is 5.75 Å². The van der Waals surface area contributed by atoms with Crippen LogP contribution in [0.15, 0.2) is 72.8 Å². The van der Waals surface area contributed by atoms with Crippen molar-refractivity contribution in [1.82, 2.24) is 5.32 Å². The van der Waals surface area contributed by atoms with Crippen molar-refractivity contribution in [3.05, 3.63) is 89.5 Å². The molecule has 182 valence electrons. The summed E-state index contributed by atoms with van der Waals surface area (Å²) >= 11 is 0. The smallest absolute Gasteiger partial charge is 0.343 e. The lowest BCUT2D eigenvalue weighted by Gasteiger charge is -2.19. The molecular formula is C29H37NO4. The van der Waals surface area contributed by atoms with Gasteiger partial charge in [0.15, 0.2) is 0 Å². The van der Waals surface area contributed by atoms with Crippen LogP contribution in [0.3, 0.4) is 0 Å². The Balaban J connectivity index is 0.00000199. The second-order valence-corrected chi connectivity index (χ2v) is 8.67. The second kappa shape index (κ2) is 12.7. The van der Waals surface area contributed by atoms with Crippen LogP contribution in [0.4, 0.5) is 0 Å². The monoisotopic (exact) mass is 463 g/mol. The van der Waals surface area contributed by atoms with Crippen molar-refractivity contribution in [2.75, 3.05) is 6.54 Å². The van der Waals surface area contributed by atoms with Gasteiger partial charge in [-0.3, -0.25) is 4.79 Å². The van der Waals surface area contributed by atoms with E-state index in [4.69, 9.17) is 9.47 Å². The third kappa shape index (κ3) is 8.83. The lowest BCUT2D eigenvalue weighted by Crippen LogP contribution is -2.31. The van der Waals surface area contributed by atoms with Gasteiger partial charge in [-0.15, -0.1) is 0 Å². The van der Waals surface area contributed by atoms with Gasteiger partial charge < -0.3 is 14.8 Å². The van der Waals surface area contributed by atoms with E-state index in [-0.39, 0.29) is 13.9 Å². The number of carbonyl (C=O) groups excluding carboxylic acids is 2. The van der Waals surface area contributed by atoms with E-state index in [1.165, 1.54) is 5.56 Å². The van der Waals surface area contributed by atoms with E-state index >= 15 is 0 Å². The van der Waals surface area contributed by atoms with Crippen LogP contribution in [-0.4, -0.2) is 24.1 Å². The van der Waals surface area contributed by atoms with Gasteiger partial charge >= 0.3 is 11.9 Å². The molecule has 1 N–H and O–H groups in total. The Kier molecular flexibility index (Phi) is 10.0. The predicted molar refractivity (Wildman–Crippen MR) is 139 cm³/mol. The number of benzene rings is 3. The maximum atomic E-state index is 12.5. The molecule has 0 fully saturated rings. The molecule has 0 saturated heterocycles. The number of hydrogen-bond acceptors (Lipinski definition) is 5. The van der Waals surface area contributed by atoms with Crippen molar-refractivity contribution in [2.45, 2.75) is 53.7 Å². The number of nitrogens with one attached hydrogen (secondary N) is 1. The Morgan fingerprint density at radius 3 is 1.88 bits per heavy atom. The highest BCUT2D eigenvalue weighted by atomic mass is 16.6. The largest absolute Gasteiger partial charge is 0.459 e. The number of carbonyl (C=O) groups is 2. The molecule has 3 aromatic rings. The van der Waals surface area contributed by atoms with Gasteiger partial charge in [0.05, 0.1) is 12.1 Å². The van der Waals surface area contributed by atoms with E-state index in [0.717, 1.165) is 16.7 Å². The van der Waals surface area contributed by atoms with Crippen molar-refractivity contribution in [1.29, 1.82) is 0 Å². The van der Waals surface area contributed by atoms with Crippen LogP contribution in [-0.2, 0) is 16.1 Å². The van der Waals surface area contributed by atoms with Gasteiger partial charge in [-0.25, -0.2) is 4.79 Å². The Bertz CT molecular complexity index is 1050. The molecule has 3 aromatic carbocycles. The molecule has 5 nitrogen and oxygen atoms in total. The zero-order chi connectivity index (χ0) is 25.1. The molecule has 0 heterocycles. The van der Waals surface area contributed by atoms with Crippen LogP contribution in [0.2, 0.25) is 0 Å². The minimum atomic E-state index is -0.495. The molecule has 0 aromatic heterocycles. The zero-order valence-electron chi connectivity index (χ0n) is 21.0. The third-order valence-corrected chi connectivity index (χ3v) is 4.66. The normalized spacial score (nSPS) is 10.6. The molecule has 5 heteroatoms. The van der Waals surface area contributed by atoms with Crippen molar-refractivity contribution < 1.29 is 20.5 Å². The molecule has 0 amide bonds. The van der Waals surface area contributed by atoms with Gasteiger partial charge in [-0.05, 0) is 68.7 Å². The first-order valence-electron chi connectivity index (χ1n) is 11.6. The Morgan fingerprint density at radius 1 is 0.824 bits per heavy atom. The highest BCUT2D eigenvalue weighted by Crippen LogP contribution is 2.21. The topological polar surface area (TPSA) is 64.6 Å². The summed E-state index contributed by atoms with van der Waals surface area (Å²) in [6.07, 6.45) is 0. The van der Waals surface area contributed by atoms with Crippen molar-refractivity contribution >= 4 is 11.9 Å². The van der Waals surface area contributed by atoms with Crippen LogP contribution in [0.25, 0.3) is 11.1 Å². The van der Waals surface area contributed by atoms with Gasteiger partial charge in [-0.1, -0.05) is 67.9 Å². The molecule has 0 aliphatic heterocycles. The molecule has 0 atom stereocenters. The van der Waals surface area contributed by atoms with Gasteiger partial charge in [0.1, 0.15) is 11.4 Å². The van der Waals surface area contributed by atoms with Crippen LogP contribution in [0.1, 0.15) is 57.5 Å². The first-order chi connectivity index (χ1) is 16.2. The van der Waals surface area contributed by atoms with Crippen LogP contribution in [0, 0.1) is 6.92 Å². The van der Waals surface area contributed by atoms with Gasteiger partial charge in [-0.2, -0.15) is 0 Å². The second-order valence-electron chi connectivity index (χ2n) is 8.67. The minimum Gasteiger partial charge on any atom is -0.459 e. The SMILES string of the molecule is CC.Cc1ccc(-c2ccc(C(=O)Oc3ccc(CNCC(=O)OC(C)(C)C)cc3)cc2)cc1.[HH]. The minimum absolute atomic E-state index is 0. The average Bonchev–Trinajstić information content (AvgIpc) is 2.81. The fourth-order valence-electron chi connectivity index (χ4n) is 3.07.